The molecule has 6 nitrogen and oxygen atoms in total. The maximum Gasteiger partial charge on any atom is 0.251 e. The van der Waals surface area contributed by atoms with Gasteiger partial charge in [0, 0.05) is 25.2 Å². The third-order valence-corrected chi connectivity index (χ3v) is 8.06. The van der Waals surface area contributed by atoms with E-state index in [1.54, 1.807) is 18.2 Å². The van der Waals surface area contributed by atoms with Crippen LogP contribution in [0.4, 0.5) is 0 Å². The topological polar surface area (TPSA) is 69.7 Å². The van der Waals surface area contributed by atoms with Crippen molar-refractivity contribution in [1.29, 1.82) is 0 Å². The number of rotatable bonds is 7. The molecule has 0 aliphatic carbocycles. The number of sulfonamides is 1. The average molecular weight is 442 g/mol. The van der Waals surface area contributed by atoms with Gasteiger partial charge in [-0.3, -0.25) is 4.79 Å². The molecule has 0 spiro atoms. The molecule has 0 aromatic heterocycles. The molecule has 1 N–H and O–H groups in total. The second-order valence-electron chi connectivity index (χ2n) is 8.40. The Morgan fingerprint density at radius 1 is 0.935 bits per heavy atom. The molecule has 166 valence electrons. The summed E-state index contributed by atoms with van der Waals surface area (Å²) < 4.78 is 27.9. The van der Waals surface area contributed by atoms with Crippen LogP contribution in [0, 0.1) is 0 Å². The molecule has 0 bridgehead atoms. The fourth-order valence-corrected chi connectivity index (χ4v) is 5.88. The van der Waals surface area contributed by atoms with Crippen molar-refractivity contribution in [2.45, 2.75) is 43.5 Å². The first-order chi connectivity index (χ1) is 15.0. The minimum Gasteiger partial charge on any atom is -0.352 e. The number of carbonyl (C=O) groups excluding carboxylic acids is 1. The number of hydrogen-bond donors (Lipinski definition) is 1. The van der Waals surface area contributed by atoms with Gasteiger partial charge in [0.1, 0.15) is 0 Å². The summed E-state index contributed by atoms with van der Waals surface area (Å²) in [5, 5.41) is 2.94. The molecule has 0 radical (unpaired) electrons. The Kier molecular flexibility index (Phi) is 7.05. The van der Waals surface area contributed by atoms with E-state index in [9.17, 15) is 13.2 Å². The van der Waals surface area contributed by atoms with Crippen LogP contribution in [0.2, 0.25) is 0 Å². The van der Waals surface area contributed by atoms with Crippen molar-refractivity contribution in [1.82, 2.24) is 14.5 Å². The first-order valence-corrected chi connectivity index (χ1v) is 12.7. The minimum absolute atomic E-state index is 0.174. The Bertz CT molecular complexity index is 1020. The van der Waals surface area contributed by atoms with Crippen molar-refractivity contribution in [2.24, 2.45) is 0 Å². The molecule has 31 heavy (non-hydrogen) atoms. The summed E-state index contributed by atoms with van der Waals surface area (Å²) in [5.41, 5.74) is 2.63. The van der Waals surface area contributed by atoms with Crippen LogP contribution in [0.1, 0.15) is 47.2 Å². The number of amides is 1. The van der Waals surface area contributed by atoms with Gasteiger partial charge < -0.3 is 10.2 Å². The van der Waals surface area contributed by atoms with Gasteiger partial charge in [-0.2, -0.15) is 4.31 Å². The van der Waals surface area contributed by atoms with E-state index in [1.807, 2.05) is 18.2 Å². The molecule has 2 aromatic carbocycles. The van der Waals surface area contributed by atoms with Crippen molar-refractivity contribution < 1.29 is 13.2 Å². The highest BCUT2D eigenvalue weighted by atomic mass is 32.2. The molecule has 1 fully saturated rings. The molecular weight excluding hydrogens is 410 g/mol. The molecular formula is C24H31N3O3S. The average Bonchev–Trinajstić information content (AvgIpc) is 2.82. The van der Waals surface area contributed by atoms with Crippen LogP contribution >= 0.6 is 0 Å². The van der Waals surface area contributed by atoms with Crippen molar-refractivity contribution in [3.8, 4) is 0 Å². The van der Waals surface area contributed by atoms with E-state index in [0.717, 1.165) is 31.6 Å². The molecule has 2 heterocycles. The van der Waals surface area contributed by atoms with Crippen molar-refractivity contribution in [3.63, 3.8) is 0 Å². The number of carbonyl (C=O) groups is 1. The Labute approximate surface area is 185 Å². The molecule has 0 saturated carbocycles. The van der Waals surface area contributed by atoms with Crippen LogP contribution in [0.25, 0.3) is 0 Å². The Morgan fingerprint density at radius 2 is 1.71 bits per heavy atom. The quantitative estimate of drug-likeness (QED) is 0.671. The number of nitrogens with one attached hydrogen (secondary N) is 1. The van der Waals surface area contributed by atoms with Crippen molar-refractivity contribution in [3.05, 3.63) is 65.2 Å². The zero-order valence-corrected chi connectivity index (χ0v) is 18.7. The third kappa shape index (κ3) is 5.34. The Hall–Kier alpha value is -2.22. The van der Waals surface area contributed by atoms with Crippen LogP contribution in [0.3, 0.4) is 0 Å². The summed E-state index contributed by atoms with van der Waals surface area (Å²) >= 11 is 0. The number of benzene rings is 2. The SMILES string of the molecule is O=C(NCCCN1CCCCC1)c1cccc(S(=O)(=O)N2CCc3ccccc3C2)c1. The second-order valence-corrected chi connectivity index (χ2v) is 10.3. The highest BCUT2D eigenvalue weighted by Gasteiger charge is 2.28. The van der Waals surface area contributed by atoms with Gasteiger partial charge in [-0.05, 0) is 74.6 Å². The maximum atomic E-state index is 13.2. The summed E-state index contributed by atoms with van der Waals surface area (Å²) in [6.07, 6.45) is 5.44. The summed E-state index contributed by atoms with van der Waals surface area (Å²) in [4.78, 5) is 15.2. The smallest absolute Gasteiger partial charge is 0.251 e. The highest BCUT2D eigenvalue weighted by Crippen LogP contribution is 2.25. The second kappa shape index (κ2) is 9.94. The Balaban J connectivity index is 1.36. The van der Waals surface area contributed by atoms with E-state index < -0.39 is 10.0 Å². The lowest BCUT2D eigenvalue weighted by Crippen LogP contribution is -2.36. The monoisotopic (exact) mass is 441 g/mol. The summed E-state index contributed by atoms with van der Waals surface area (Å²) in [6.45, 7) is 4.70. The summed E-state index contributed by atoms with van der Waals surface area (Å²) in [6, 6.07) is 14.3. The molecule has 2 aliphatic heterocycles. The minimum atomic E-state index is -3.65. The zero-order chi connectivity index (χ0) is 21.7. The largest absolute Gasteiger partial charge is 0.352 e. The van der Waals surface area contributed by atoms with Crippen LogP contribution < -0.4 is 5.32 Å². The van der Waals surface area contributed by atoms with Gasteiger partial charge in [-0.1, -0.05) is 36.8 Å². The van der Waals surface area contributed by atoms with Crippen molar-refractivity contribution in [2.75, 3.05) is 32.7 Å². The lowest BCUT2D eigenvalue weighted by Gasteiger charge is -2.28. The van der Waals surface area contributed by atoms with Crippen LogP contribution in [0.15, 0.2) is 53.4 Å². The molecule has 7 heteroatoms. The van der Waals surface area contributed by atoms with Crippen LogP contribution in [-0.2, 0) is 23.0 Å². The fraction of sp³-hybridized carbons (Fsp3) is 0.458. The lowest BCUT2D eigenvalue weighted by molar-refractivity contribution is 0.0951. The van der Waals surface area contributed by atoms with E-state index >= 15 is 0 Å². The van der Waals surface area contributed by atoms with Gasteiger partial charge in [-0.15, -0.1) is 0 Å². The first kappa shape index (κ1) is 22.0. The van der Waals surface area contributed by atoms with Gasteiger partial charge in [-0.25, -0.2) is 8.42 Å². The van der Waals surface area contributed by atoms with E-state index in [4.69, 9.17) is 0 Å². The standard InChI is InChI=1S/C24H31N3O3S/c28-24(25-13-7-16-26-14-4-1-5-15-26)21-10-6-11-23(18-21)31(29,30)27-17-12-20-8-2-3-9-22(20)19-27/h2-3,6,8-11,18H,1,4-5,7,12-17,19H2,(H,25,28). The number of piperidine rings is 1. The highest BCUT2D eigenvalue weighted by molar-refractivity contribution is 7.89. The predicted octanol–water partition coefficient (Wildman–Crippen LogP) is 3.04. The summed E-state index contributed by atoms with van der Waals surface area (Å²) in [7, 11) is -3.65. The first-order valence-electron chi connectivity index (χ1n) is 11.2. The molecule has 2 aliphatic rings. The van der Waals surface area contributed by atoms with Crippen LogP contribution in [-0.4, -0.2) is 56.3 Å². The number of hydrogen-bond acceptors (Lipinski definition) is 4. The van der Waals surface area contributed by atoms with E-state index in [2.05, 4.69) is 16.3 Å². The van der Waals surface area contributed by atoms with Gasteiger partial charge in [0.15, 0.2) is 0 Å². The van der Waals surface area contributed by atoms with Gasteiger partial charge in [0.2, 0.25) is 10.0 Å². The third-order valence-electron chi connectivity index (χ3n) is 6.21. The van der Waals surface area contributed by atoms with Crippen molar-refractivity contribution >= 4 is 15.9 Å². The number of fused-ring (bicyclic) bond motifs is 1. The van der Waals surface area contributed by atoms with Gasteiger partial charge in [0.25, 0.3) is 5.91 Å². The molecule has 4 rings (SSSR count). The normalized spacial score (nSPS) is 17.8. The zero-order valence-electron chi connectivity index (χ0n) is 17.9. The fourth-order valence-electron chi connectivity index (χ4n) is 4.41. The number of likely N-dealkylation sites (tertiary alicyclic amines) is 1. The van der Waals surface area contributed by atoms with Crippen LogP contribution in [0.5, 0.6) is 0 Å². The van der Waals surface area contributed by atoms with E-state index in [-0.39, 0.29) is 10.8 Å². The molecule has 0 unspecified atom stereocenters. The van der Waals surface area contributed by atoms with Gasteiger partial charge >= 0.3 is 0 Å². The summed E-state index contributed by atoms with van der Waals surface area (Å²) in [5.74, 6) is -0.223. The number of nitrogens with zero attached hydrogens (tertiary/aromatic N) is 2. The predicted molar refractivity (Wildman–Crippen MR) is 121 cm³/mol. The molecule has 2 aromatic rings. The molecule has 1 saturated heterocycles. The van der Waals surface area contributed by atoms with Gasteiger partial charge in [0.05, 0.1) is 4.90 Å². The maximum absolute atomic E-state index is 13.2. The lowest BCUT2D eigenvalue weighted by atomic mass is 10.0. The Morgan fingerprint density at radius 3 is 2.52 bits per heavy atom. The molecule has 0 atom stereocenters. The van der Waals surface area contributed by atoms with E-state index in [1.165, 1.54) is 35.2 Å². The molecule has 1 amide bonds. The van der Waals surface area contributed by atoms with E-state index in [0.29, 0.717) is 31.6 Å².